The normalized spacial score (nSPS) is 12.9. The Bertz CT molecular complexity index is 520. The van der Waals surface area contributed by atoms with Crippen molar-refractivity contribution in [2.45, 2.75) is 26.0 Å². The second kappa shape index (κ2) is 9.24. The smallest absolute Gasteiger partial charge is 0.408 e. The van der Waals surface area contributed by atoms with Crippen molar-refractivity contribution in [1.29, 1.82) is 0 Å². The van der Waals surface area contributed by atoms with Crippen LogP contribution in [0.1, 0.15) is 19.0 Å². The number of aldehydes is 1. The highest BCUT2D eigenvalue weighted by atomic mass is 16.5. The number of nitrogens with one attached hydrogen (secondary N) is 2. The molecule has 2 N–H and O–H groups in total. The summed E-state index contributed by atoms with van der Waals surface area (Å²) in [6.45, 7) is 5.46. The zero-order valence-corrected chi connectivity index (χ0v) is 11.8. The number of ether oxygens (including phenoxy) is 1. The zero-order chi connectivity index (χ0) is 15.5. The molecule has 112 valence electrons. The van der Waals surface area contributed by atoms with Crippen LogP contribution in [0.3, 0.4) is 0 Å². The Hall–Kier alpha value is -2.70. The fourth-order valence-corrected chi connectivity index (χ4v) is 1.57. The molecular formula is C14H18N4O3. The number of aromatic nitrogens is 3. The number of amides is 1. The number of alkyl carbamates (subject to hydrolysis) is 1. The zero-order valence-electron chi connectivity index (χ0n) is 11.8. The van der Waals surface area contributed by atoms with Gasteiger partial charge in [-0.25, -0.2) is 4.79 Å². The number of nitrogens with zero attached hydrogens (tertiary/aromatic N) is 2. The van der Waals surface area contributed by atoms with E-state index in [-0.39, 0.29) is 6.61 Å². The summed E-state index contributed by atoms with van der Waals surface area (Å²) < 4.78 is 4.93. The van der Waals surface area contributed by atoms with Gasteiger partial charge < -0.3 is 14.8 Å². The van der Waals surface area contributed by atoms with E-state index in [0.717, 1.165) is 5.57 Å². The van der Waals surface area contributed by atoms with Gasteiger partial charge in [0.25, 0.3) is 0 Å². The van der Waals surface area contributed by atoms with Gasteiger partial charge in [-0.3, -0.25) is 0 Å². The van der Waals surface area contributed by atoms with Crippen molar-refractivity contribution in [2.75, 3.05) is 0 Å². The molecule has 1 aromatic heterocycles. The highest BCUT2D eigenvalue weighted by molar-refractivity contribution is 5.73. The Morgan fingerprint density at radius 1 is 1.62 bits per heavy atom. The van der Waals surface area contributed by atoms with Crippen LogP contribution in [0.15, 0.2) is 42.7 Å². The molecule has 0 aliphatic rings. The number of aromatic amines is 1. The standard InChI is InChI=1S/C14H18N4O3/c1-3-5-11(6-4-2)7-12(9-19)16-14(20)21-10-13-8-15-18-17-13/h3-6,8-9,12H,1,7,10H2,2H3,(H,16,20)(H,15,17,18)/b6-4-,11-5+/t12-/m1/s1. The van der Waals surface area contributed by atoms with E-state index >= 15 is 0 Å². The maximum atomic E-state index is 11.6. The van der Waals surface area contributed by atoms with Crippen LogP contribution in [0.2, 0.25) is 0 Å². The molecule has 0 radical (unpaired) electrons. The monoisotopic (exact) mass is 290 g/mol. The molecule has 0 bridgehead atoms. The first kappa shape index (κ1) is 16.4. The first-order valence-corrected chi connectivity index (χ1v) is 6.37. The van der Waals surface area contributed by atoms with Crippen LogP contribution in [0, 0.1) is 0 Å². The van der Waals surface area contributed by atoms with Crippen molar-refractivity contribution >= 4 is 12.4 Å². The second-order valence-electron chi connectivity index (χ2n) is 4.11. The van der Waals surface area contributed by atoms with Gasteiger partial charge in [-0.1, -0.05) is 30.9 Å². The number of H-pyrrole nitrogens is 1. The van der Waals surface area contributed by atoms with E-state index in [1.165, 1.54) is 6.20 Å². The summed E-state index contributed by atoms with van der Waals surface area (Å²) in [5.41, 5.74) is 1.37. The van der Waals surface area contributed by atoms with Gasteiger partial charge in [-0.05, 0) is 18.9 Å². The van der Waals surface area contributed by atoms with Gasteiger partial charge in [0.15, 0.2) is 0 Å². The molecule has 21 heavy (non-hydrogen) atoms. The molecule has 0 aliphatic heterocycles. The third-order valence-corrected chi connectivity index (χ3v) is 2.45. The van der Waals surface area contributed by atoms with E-state index in [1.54, 1.807) is 12.2 Å². The highest BCUT2D eigenvalue weighted by Gasteiger charge is 2.13. The minimum absolute atomic E-state index is 0.0157. The number of hydrogen-bond acceptors (Lipinski definition) is 5. The quantitative estimate of drug-likeness (QED) is 0.561. The first-order chi connectivity index (χ1) is 10.2. The summed E-state index contributed by atoms with van der Waals surface area (Å²) in [4.78, 5) is 22.6. The fraction of sp³-hybridized carbons (Fsp3) is 0.286. The van der Waals surface area contributed by atoms with Crippen molar-refractivity contribution < 1.29 is 14.3 Å². The number of rotatable bonds is 8. The second-order valence-corrected chi connectivity index (χ2v) is 4.11. The molecule has 7 nitrogen and oxygen atoms in total. The van der Waals surface area contributed by atoms with Crippen molar-refractivity contribution in [1.82, 2.24) is 20.7 Å². The Balaban J connectivity index is 2.48. The molecule has 0 saturated carbocycles. The Morgan fingerprint density at radius 3 is 3.00 bits per heavy atom. The highest BCUT2D eigenvalue weighted by Crippen LogP contribution is 2.07. The lowest BCUT2D eigenvalue weighted by Crippen LogP contribution is -2.36. The SMILES string of the molecule is C=C/C=C(\C=C/C)C[C@H](C=O)NC(=O)OCc1cn[nH]n1. The summed E-state index contributed by atoms with van der Waals surface area (Å²) in [6, 6.07) is -0.669. The van der Waals surface area contributed by atoms with Crippen LogP contribution in [-0.2, 0) is 16.1 Å². The Kier molecular flexibility index (Phi) is 7.20. The van der Waals surface area contributed by atoms with Crippen LogP contribution < -0.4 is 5.32 Å². The maximum absolute atomic E-state index is 11.6. The van der Waals surface area contributed by atoms with Crippen molar-refractivity contribution in [3.05, 3.63) is 48.3 Å². The lowest BCUT2D eigenvalue weighted by molar-refractivity contribution is -0.109. The van der Waals surface area contributed by atoms with E-state index < -0.39 is 12.1 Å². The number of carbonyl (C=O) groups is 2. The van der Waals surface area contributed by atoms with Crippen LogP contribution in [-0.4, -0.2) is 33.8 Å². The predicted octanol–water partition coefficient (Wildman–Crippen LogP) is 1.68. The third-order valence-electron chi connectivity index (χ3n) is 2.45. The lowest BCUT2D eigenvalue weighted by Gasteiger charge is -2.13. The number of allylic oxidation sites excluding steroid dienone is 4. The van der Waals surface area contributed by atoms with Gasteiger partial charge >= 0.3 is 6.09 Å². The van der Waals surface area contributed by atoms with E-state index in [2.05, 4.69) is 27.3 Å². The van der Waals surface area contributed by atoms with Gasteiger partial charge in [0, 0.05) is 0 Å². The summed E-state index contributed by atoms with van der Waals surface area (Å²) in [7, 11) is 0. The predicted molar refractivity (Wildman–Crippen MR) is 77.3 cm³/mol. The van der Waals surface area contributed by atoms with E-state index in [4.69, 9.17) is 4.74 Å². The van der Waals surface area contributed by atoms with Crippen molar-refractivity contribution in [2.24, 2.45) is 0 Å². The molecule has 0 fully saturated rings. The van der Waals surface area contributed by atoms with Gasteiger partial charge in [0.05, 0.1) is 12.2 Å². The lowest BCUT2D eigenvalue weighted by atomic mass is 10.1. The molecule has 1 rings (SSSR count). The van der Waals surface area contributed by atoms with Crippen LogP contribution >= 0.6 is 0 Å². The van der Waals surface area contributed by atoms with E-state index in [0.29, 0.717) is 18.4 Å². The molecule has 1 heterocycles. The maximum Gasteiger partial charge on any atom is 0.408 e. The molecule has 0 unspecified atom stereocenters. The topological polar surface area (TPSA) is 97.0 Å². The molecule has 0 aromatic carbocycles. The molecule has 0 saturated heterocycles. The van der Waals surface area contributed by atoms with Gasteiger partial charge in [0.2, 0.25) is 0 Å². The molecule has 0 spiro atoms. The Morgan fingerprint density at radius 2 is 2.43 bits per heavy atom. The first-order valence-electron chi connectivity index (χ1n) is 6.37. The molecule has 1 atom stereocenters. The molecule has 0 aliphatic carbocycles. The fourth-order valence-electron chi connectivity index (χ4n) is 1.57. The minimum atomic E-state index is -0.687. The third kappa shape index (κ3) is 6.33. The van der Waals surface area contributed by atoms with Crippen LogP contribution in [0.25, 0.3) is 0 Å². The number of carbonyl (C=O) groups excluding carboxylic acids is 2. The van der Waals surface area contributed by atoms with Gasteiger partial charge in [0.1, 0.15) is 18.6 Å². The molecule has 7 heteroatoms. The Labute approximate surface area is 122 Å². The summed E-state index contributed by atoms with van der Waals surface area (Å²) >= 11 is 0. The van der Waals surface area contributed by atoms with Crippen LogP contribution in [0.5, 0.6) is 0 Å². The van der Waals surface area contributed by atoms with E-state index in [1.807, 2.05) is 19.1 Å². The minimum Gasteiger partial charge on any atom is -0.443 e. The van der Waals surface area contributed by atoms with E-state index in [9.17, 15) is 9.59 Å². The average Bonchev–Trinajstić information content (AvgIpc) is 2.98. The summed E-state index contributed by atoms with van der Waals surface area (Å²) in [5.74, 6) is 0. The number of hydrogen-bond donors (Lipinski definition) is 2. The van der Waals surface area contributed by atoms with Gasteiger partial charge in [-0.2, -0.15) is 15.4 Å². The molecule has 1 amide bonds. The average molecular weight is 290 g/mol. The molecule has 1 aromatic rings. The van der Waals surface area contributed by atoms with Crippen molar-refractivity contribution in [3.8, 4) is 0 Å². The largest absolute Gasteiger partial charge is 0.443 e. The summed E-state index contributed by atoms with van der Waals surface area (Å²) in [6.07, 6.45) is 8.88. The van der Waals surface area contributed by atoms with Crippen LogP contribution in [0.4, 0.5) is 4.79 Å². The van der Waals surface area contributed by atoms with Gasteiger partial charge in [-0.15, -0.1) is 0 Å². The van der Waals surface area contributed by atoms with Crippen molar-refractivity contribution in [3.63, 3.8) is 0 Å². The summed E-state index contributed by atoms with van der Waals surface area (Å²) in [5, 5.41) is 12.2. The molecular weight excluding hydrogens is 272 g/mol.